The van der Waals surface area contributed by atoms with Gasteiger partial charge >= 0.3 is 5.97 Å². The molecule has 0 atom stereocenters. The summed E-state index contributed by atoms with van der Waals surface area (Å²) in [6, 6.07) is 9.52. The molecule has 0 aliphatic carbocycles. The van der Waals surface area contributed by atoms with Crippen LogP contribution in [0.15, 0.2) is 42.6 Å². The molecule has 3 rings (SSSR count). The molecule has 2 aromatic rings. The summed E-state index contributed by atoms with van der Waals surface area (Å²) in [5.41, 5.74) is 0.659. The van der Waals surface area contributed by atoms with Gasteiger partial charge in [0.05, 0.1) is 29.1 Å². The molecule has 10 nitrogen and oxygen atoms in total. The molecule has 31 heavy (non-hydrogen) atoms. The fourth-order valence-electron chi connectivity index (χ4n) is 3.12. The van der Waals surface area contributed by atoms with Gasteiger partial charge in [0.15, 0.2) is 0 Å². The number of fused-ring (bicyclic) bond motifs is 1. The summed E-state index contributed by atoms with van der Waals surface area (Å²) in [5, 5.41) is 13.6. The number of rotatable bonds is 11. The molecule has 0 spiro atoms. The zero-order valence-corrected chi connectivity index (χ0v) is 16.8. The van der Waals surface area contributed by atoms with Gasteiger partial charge in [-0.3, -0.25) is 29.4 Å². The van der Waals surface area contributed by atoms with Crippen molar-refractivity contribution in [3.63, 3.8) is 0 Å². The van der Waals surface area contributed by atoms with E-state index in [1.807, 2.05) is 0 Å². The van der Waals surface area contributed by atoms with Gasteiger partial charge in [-0.2, -0.15) is 0 Å². The number of carbonyl (C=O) groups excluding carboxylic acids is 3. The second-order valence-electron chi connectivity index (χ2n) is 6.92. The minimum absolute atomic E-state index is 0.00264. The number of unbranched alkanes of at least 4 members (excludes halogenated alkanes) is 2. The van der Waals surface area contributed by atoms with Crippen LogP contribution in [0.3, 0.4) is 0 Å². The molecule has 10 heteroatoms. The monoisotopic (exact) mass is 426 g/mol. The fraction of sp³-hybridized carbons (Fsp3) is 0.333. The Morgan fingerprint density at radius 1 is 1.06 bits per heavy atom. The van der Waals surface area contributed by atoms with Crippen molar-refractivity contribution in [3.05, 3.63) is 63.8 Å². The highest BCUT2D eigenvalue weighted by Crippen LogP contribution is 2.22. The molecule has 1 aromatic heterocycles. The molecule has 2 amide bonds. The zero-order chi connectivity index (χ0) is 22.2. The number of aromatic nitrogens is 1. The predicted molar refractivity (Wildman–Crippen MR) is 111 cm³/mol. The summed E-state index contributed by atoms with van der Waals surface area (Å²) >= 11 is 0. The van der Waals surface area contributed by atoms with Crippen molar-refractivity contribution in [3.8, 4) is 0 Å². The van der Waals surface area contributed by atoms with Crippen LogP contribution >= 0.6 is 0 Å². The number of imide groups is 1. The van der Waals surface area contributed by atoms with Gasteiger partial charge in [-0.05, 0) is 37.5 Å². The Morgan fingerprint density at radius 3 is 2.39 bits per heavy atom. The van der Waals surface area contributed by atoms with Gasteiger partial charge in [0, 0.05) is 19.2 Å². The lowest BCUT2D eigenvalue weighted by molar-refractivity contribution is -0.385. The highest BCUT2D eigenvalue weighted by molar-refractivity contribution is 6.21. The normalized spacial score (nSPS) is 12.6. The maximum absolute atomic E-state index is 12.2. The molecule has 0 bridgehead atoms. The van der Waals surface area contributed by atoms with Crippen LogP contribution in [0, 0.1) is 10.1 Å². The SMILES string of the molecule is O=C(CCN1C(=O)c2ccccc2C1=O)OCCCCCNc1ccc([N+](=O)[O-])cn1. The average Bonchev–Trinajstić information content (AvgIpc) is 3.02. The molecule has 1 aromatic carbocycles. The van der Waals surface area contributed by atoms with Crippen LogP contribution in [0.1, 0.15) is 46.4 Å². The molecule has 1 N–H and O–H groups in total. The summed E-state index contributed by atoms with van der Waals surface area (Å²) in [5.74, 6) is -0.665. The van der Waals surface area contributed by atoms with E-state index in [2.05, 4.69) is 10.3 Å². The van der Waals surface area contributed by atoms with Crippen molar-refractivity contribution >= 4 is 29.3 Å². The van der Waals surface area contributed by atoms with Crippen LogP contribution in [-0.2, 0) is 9.53 Å². The molecule has 0 unspecified atom stereocenters. The lowest BCUT2D eigenvalue weighted by Gasteiger charge is -2.13. The summed E-state index contributed by atoms with van der Waals surface area (Å²) in [6.45, 7) is 0.895. The third-order valence-electron chi connectivity index (χ3n) is 4.77. The smallest absolute Gasteiger partial charge is 0.307 e. The Bertz CT molecular complexity index is 941. The molecule has 0 saturated heterocycles. The van der Waals surface area contributed by atoms with E-state index in [1.165, 1.54) is 12.3 Å². The van der Waals surface area contributed by atoms with Crippen molar-refractivity contribution in [1.82, 2.24) is 9.88 Å². The number of ether oxygens (including phenoxy) is 1. The second kappa shape index (κ2) is 10.3. The van der Waals surface area contributed by atoms with E-state index in [1.54, 1.807) is 30.3 Å². The molecule has 0 radical (unpaired) electrons. The Balaban J connectivity index is 1.26. The van der Waals surface area contributed by atoms with Crippen LogP contribution in [0.2, 0.25) is 0 Å². The van der Waals surface area contributed by atoms with Crippen molar-refractivity contribution in [2.24, 2.45) is 0 Å². The van der Waals surface area contributed by atoms with Crippen molar-refractivity contribution in [1.29, 1.82) is 0 Å². The lowest BCUT2D eigenvalue weighted by atomic mass is 10.1. The van der Waals surface area contributed by atoms with E-state index in [0.717, 1.165) is 17.7 Å². The molecular formula is C21H22N4O6. The van der Waals surface area contributed by atoms with Gasteiger partial charge in [0.25, 0.3) is 17.5 Å². The molecule has 1 aliphatic heterocycles. The Morgan fingerprint density at radius 2 is 1.77 bits per heavy atom. The van der Waals surface area contributed by atoms with Crippen LogP contribution in [0.5, 0.6) is 0 Å². The van der Waals surface area contributed by atoms with Gasteiger partial charge in [0.2, 0.25) is 0 Å². The summed E-state index contributed by atoms with van der Waals surface area (Å²) in [6.07, 6.45) is 3.45. The number of hydrogen-bond donors (Lipinski definition) is 1. The molecule has 0 fully saturated rings. The van der Waals surface area contributed by atoms with Gasteiger partial charge in [-0.25, -0.2) is 4.98 Å². The summed E-state index contributed by atoms with van der Waals surface area (Å²) in [4.78, 5) is 51.5. The summed E-state index contributed by atoms with van der Waals surface area (Å²) < 4.78 is 5.17. The molecule has 1 aliphatic rings. The molecular weight excluding hydrogens is 404 g/mol. The third-order valence-corrected chi connectivity index (χ3v) is 4.77. The van der Waals surface area contributed by atoms with Gasteiger partial charge < -0.3 is 10.1 Å². The Kier molecular flexibility index (Phi) is 7.26. The summed E-state index contributed by atoms with van der Waals surface area (Å²) in [7, 11) is 0. The third kappa shape index (κ3) is 5.62. The zero-order valence-electron chi connectivity index (χ0n) is 16.8. The van der Waals surface area contributed by atoms with Gasteiger partial charge in [0.1, 0.15) is 12.0 Å². The van der Waals surface area contributed by atoms with Crippen LogP contribution in [0.25, 0.3) is 0 Å². The van der Waals surface area contributed by atoms with Gasteiger partial charge in [-0.1, -0.05) is 12.1 Å². The van der Waals surface area contributed by atoms with Crippen molar-refractivity contribution in [2.45, 2.75) is 25.7 Å². The van der Waals surface area contributed by atoms with E-state index in [0.29, 0.717) is 29.9 Å². The number of esters is 1. The van der Waals surface area contributed by atoms with E-state index in [-0.39, 0.29) is 37.1 Å². The van der Waals surface area contributed by atoms with E-state index in [4.69, 9.17) is 4.74 Å². The van der Waals surface area contributed by atoms with Crippen molar-refractivity contribution < 1.29 is 24.0 Å². The number of carbonyl (C=O) groups is 3. The van der Waals surface area contributed by atoms with E-state index >= 15 is 0 Å². The first-order valence-corrected chi connectivity index (χ1v) is 9.92. The second-order valence-corrected chi connectivity index (χ2v) is 6.92. The standard InChI is InChI=1S/C21H22N4O6/c26-19(10-12-24-20(27)16-6-2-3-7-17(16)21(24)28)31-13-5-1-4-11-22-18-9-8-15(14-23-18)25(29)30/h2-3,6-9,14H,1,4-5,10-13H2,(H,22,23). The number of benzene rings is 1. The number of nitrogens with one attached hydrogen (secondary N) is 1. The predicted octanol–water partition coefficient (Wildman–Crippen LogP) is 2.80. The van der Waals surface area contributed by atoms with Crippen LogP contribution < -0.4 is 5.32 Å². The van der Waals surface area contributed by atoms with E-state index in [9.17, 15) is 24.5 Å². The average molecular weight is 426 g/mol. The number of nitrogens with zero attached hydrogens (tertiary/aromatic N) is 3. The lowest BCUT2D eigenvalue weighted by Crippen LogP contribution is -2.32. The maximum Gasteiger partial charge on any atom is 0.307 e. The molecule has 162 valence electrons. The molecule has 0 saturated carbocycles. The quantitative estimate of drug-likeness (QED) is 0.191. The molecule has 2 heterocycles. The van der Waals surface area contributed by atoms with E-state index < -0.39 is 10.9 Å². The van der Waals surface area contributed by atoms with Gasteiger partial charge in [-0.15, -0.1) is 0 Å². The maximum atomic E-state index is 12.2. The highest BCUT2D eigenvalue weighted by Gasteiger charge is 2.35. The number of nitro groups is 1. The number of hydrogen-bond acceptors (Lipinski definition) is 8. The topological polar surface area (TPSA) is 132 Å². The van der Waals surface area contributed by atoms with Crippen LogP contribution in [0.4, 0.5) is 11.5 Å². The number of anilines is 1. The number of pyridine rings is 1. The fourth-order valence-corrected chi connectivity index (χ4v) is 3.12. The first-order chi connectivity index (χ1) is 15.0. The van der Waals surface area contributed by atoms with Crippen LogP contribution in [-0.4, -0.2) is 52.3 Å². The highest BCUT2D eigenvalue weighted by atomic mass is 16.6. The minimum Gasteiger partial charge on any atom is -0.466 e. The largest absolute Gasteiger partial charge is 0.466 e. The first kappa shape index (κ1) is 21.9. The Hall–Kier alpha value is -3.82. The first-order valence-electron chi connectivity index (χ1n) is 9.92. The van der Waals surface area contributed by atoms with Crippen molar-refractivity contribution in [2.75, 3.05) is 25.0 Å². The Labute approximate surface area is 178 Å². The number of amides is 2. The minimum atomic E-state index is -0.502.